The lowest BCUT2D eigenvalue weighted by Crippen LogP contribution is -2.30. The second-order valence-corrected chi connectivity index (χ2v) is 9.80. The van der Waals surface area contributed by atoms with Crippen molar-refractivity contribution in [1.29, 1.82) is 0 Å². The Morgan fingerprint density at radius 3 is 2.59 bits per heavy atom. The number of nitrogens with one attached hydrogen (secondary N) is 1. The van der Waals surface area contributed by atoms with Gasteiger partial charge in [-0.15, -0.1) is 0 Å². The molecule has 4 aromatic rings. The molecule has 1 N–H and O–H groups in total. The number of carbonyl (C=O) groups excluding carboxylic acids is 1. The summed E-state index contributed by atoms with van der Waals surface area (Å²) in [6.07, 6.45) is -2.09. The van der Waals surface area contributed by atoms with Crippen LogP contribution in [0, 0.1) is 13.8 Å². The van der Waals surface area contributed by atoms with E-state index in [0.717, 1.165) is 22.8 Å². The van der Waals surface area contributed by atoms with E-state index in [0.29, 0.717) is 42.4 Å². The van der Waals surface area contributed by atoms with Crippen molar-refractivity contribution in [3.63, 3.8) is 0 Å². The molecule has 0 spiro atoms. The Balaban J connectivity index is 1.26. The molecule has 212 valence electrons. The van der Waals surface area contributed by atoms with Crippen LogP contribution >= 0.6 is 0 Å². The molecule has 2 aromatic heterocycles. The summed E-state index contributed by atoms with van der Waals surface area (Å²) in [6, 6.07) is 18.1. The van der Waals surface area contributed by atoms with Crippen LogP contribution in [-0.4, -0.2) is 40.5 Å². The van der Waals surface area contributed by atoms with Crippen molar-refractivity contribution >= 4 is 23.5 Å². The van der Waals surface area contributed by atoms with Gasteiger partial charge in [-0.2, -0.15) is 18.3 Å². The molecule has 1 aliphatic rings. The molecule has 1 amide bonds. The van der Waals surface area contributed by atoms with Crippen molar-refractivity contribution in [1.82, 2.24) is 14.8 Å². The number of amides is 1. The summed E-state index contributed by atoms with van der Waals surface area (Å²) in [5, 5.41) is 7.49. The molecule has 3 heterocycles. The first-order valence-corrected chi connectivity index (χ1v) is 13.0. The van der Waals surface area contributed by atoms with E-state index in [1.54, 1.807) is 35.8 Å². The van der Waals surface area contributed by atoms with Crippen molar-refractivity contribution in [2.24, 2.45) is 4.99 Å². The topological polar surface area (TPSA) is 84.6 Å². The van der Waals surface area contributed by atoms with Gasteiger partial charge >= 0.3 is 6.18 Å². The molecule has 0 fully saturated rings. The predicted octanol–water partition coefficient (Wildman–Crippen LogP) is 5.95. The summed E-state index contributed by atoms with van der Waals surface area (Å²) < 4.78 is 46.9. The molecule has 1 aliphatic heterocycles. The van der Waals surface area contributed by atoms with Gasteiger partial charge in [-0.05, 0) is 54.3 Å². The smallest absolute Gasteiger partial charge is 0.375 e. The Hall–Kier alpha value is -4.51. The standard InChI is InChI=1S/C30H29F3N6O2/c1-19-15-22(28-34-17-23-27(37-28)20(2)16-26(36-23)30(31,32)33)9-10-24(19)38(3)29(40)25-11-12-35-39(25)13-14-41-18-21-7-5-4-6-8-21/h4-12,15-17,28,37H,13-14,18H2,1-3H3. The summed E-state index contributed by atoms with van der Waals surface area (Å²) in [6.45, 7) is 4.80. The Morgan fingerprint density at radius 2 is 1.85 bits per heavy atom. The number of aliphatic imine (C=N–C) groups is 1. The minimum Gasteiger partial charge on any atom is -0.375 e. The van der Waals surface area contributed by atoms with Crippen molar-refractivity contribution in [2.45, 2.75) is 39.3 Å². The largest absolute Gasteiger partial charge is 0.433 e. The molecule has 11 heteroatoms. The lowest BCUT2D eigenvalue weighted by Gasteiger charge is -2.25. The van der Waals surface area contributed by atoms with Gasteiger partial charge in [-0.3, -0.25) is 14.5 Å². The van der Waals surface area contributed by atoms with E-state index in [4.69, 9.17) is 4.74 Å². The van der Waals surface area contributed by atoms with Crippen LogP contribution in [0.3, 0.4) is 0 Å². The lowest BCUT2D eigenvalue weighted by atomic mass is 10.0. The van der Waals surface area contributed by atoms with E-state index < -0.39 is 18.0 Å². The summed E-state index contributed by atoms with van der Waals surface area (Å²) >= 11 is 0. The third-order valence-electron chi connectivity index (χ3n) is 6.86. The van der Waals surface area contributed by atoms with E-state index in [2.05, 4.69) is 20.4 Å². The number of aromatic nitrogens is 3. The molecule has 0 saturated carbocycles. The minimum atomic E-state index is -4.53. The van der Waals surface area contributed by atoms with Crippen LogP contribution in [0.25, 0.3) is 0 Å². The average molecular weight is 563 g/mol. The van der Waals surface area contributed by atoms with Gasteiger partial charge in [-0.1, -0.05) is 42.5 Å². The molecular weight excluding hydrogens is 533 g/mol. The Kier molecular flexibility index (Phi) is 7.89. The number of hydrogen-bond acceptors (Lipinski definition) is 6. The first kappa shape index (κ1) is 28.0. The quantitative estimate of drug-likeness (QED) is 0.268. The maximum absolute atomic E-state index is 13.4. The highest BCUT2D eigenvalue weighted by Gasteiger charge is 2.34. The molecule has 2 aromatic carbocycles. The van der Waals surface area contributed by atoms with Crippen molar-refractivity contribution in [2.75, 3.05) is 23.9 Å². The zero-order chi connectivity index (χ0) is 29.1. The van der Waals surface area contributed by atoms with Gasteiger partial charge in [-0.25, -0.2) is 4.98 Å². The van der Waals surface area contributed by atoms with Gasteiger partial charge in [0.15, 0.2) is 0 Å². The fourth-order valence-corrected chi connectivity index (χ4v) is 4.73. The Morgan fingerprint density at radius 1 is 1.07 bits per heavy atom. The fraction of sp³-hybridized carbons (Fsp3) is 0.267. The number of hydrogen-bond donors (Lipinski definition) is 1. The monoisotopic (exact) mass is 562 g/mol. The van der Waals surface area contributed by atoms with Gasteiger partial charge in [0.2, 0.25) is 0 Å². The molecule has 0 aliphatic carbocycles. The molecule has 5 rings (SSSR count). The number of halogens is 3. The molecule has 0 radical (unpaired) electrons. The molecule has 0 bridgehead atoms. The number of ether oxygens (including phenoxy) is 1. The molecular formula is C30H29F3N6O2. The second-order valence-electron chi connectivity index (χ2n) is 9.80. The van der Waals surface area contributed by atoms with E-state index in [9.17, 15) is 18.0 Å². The van der Waals surface area contributed by atoms with Crippen LogP contribution in [-0.2, 0) is 24.1 Å². The third-order valence-corrected chi connectivity index (χ3v) is 6.86. The second kappa shape index (κ2) is 11.5. The van der Waals surface area contributed by atoms with Crippen molar-refractivity contribution in [3.05, 3.63) is 106 Å². The molecule has 41 heavy (non-hydrogen) atoms. The normalized spacial score (nSPS) is 14.4. The number of aryl methyl sites for hydroxylation is 2. The van der Waals surface area contributed by atoms with Crippen LogP contribution in [0.15, 0.2) is 71.9 Å². The van der Waals surface area contributed by atoms with E-state index in [1.165, 1.54) is 6.21 Å². The average Bonchev–Trinajstić information content (AvgIpc) is 3.43. The van der Waals surface area contributed by atoms with Gasteiger partial charge in [0, 0.05) is 18.9 Å². The van der Waals surface area contributed by atoms with Crippen LogP contribution in [0.5, 0.6) is 0 Å². The molecule has 1 atom stereocenters. The maximum Gasteiger partial charge on any atom is 0.433 e. The number of fused-ring (bicyclic) bond motifs is 1. The third kappa shape index (κ3) is 6.14. The van der Waals surface area contributed by atoms with Gasteiger partial charge in [0.1, 0.15) is 23.2 Å². The first-order valence-electron chi connectivity index (χ1n) is 13.0. The minimum absolute atomic E-state index is 0.148. The van der Waals surface area contributed by atoms with E-state index >= 15 is 0 Å². The zero-order valence-electron chi connectivity index (χ0n) is 22.8. The number of benzene rings is 2. The van der Waals surface area contributed by atoms with Crippen LogP contribution in [0.4, 0.5) is 24.5 Å². The SMILES string of the molecule is Cc1cc(C2N=Cc3nc(C(F)(F)F)cc(C)c3N2)ccc1N(C)C(=O)c1ccnn1CCOCc1ccccc1. The summed E-state index contributed by atoms with van der Waals surface area (Å²) in [4.78, 5) is 23.1. The first-order chi connectivity index (χ1) is 19.6. The number of anilines is 2. The van der Waals surface area contributed by atoms with Crippen LogP contribution in [0.2, 0.25) is 0 Å². The highest BCUT2D eigenvalue weighted by Crippen LogP contribution is 2.35. The lowest BCUT2D eigenvalue weighted by molar-refractivity contribution is -0.141. The summed E-state index contributed by atoms with van der Waals surface area (Å²) in [5.41, 5.74) is 3.99. The van der Waals surface area contributed by atoms with E-state index in [1.807, 2.05) is 55.5 Å². The van der Waals surface area contributed by atoms with Gasteiger partial charge < -0.3 is 15.0 Å². The Bertz CT molecular complexity index is 1580. The number of nitrogens with zero attached hydrogens (tertiary/aromatic N) is 5. The van der Waals surface area contributed by atoms with Gasteiger partial charge in [0.05, 0.1) is 31.7 Å². The van der Waals surface area contributed by atoms with Crippen molar-refractivity contribution in [3.8, 4) is 0 Å². The summed E-state index contributed by atoms with van der Waals surface area (Å²) in [7, 11) is 1.70. The van der Waals surface area contributed by atoms with Gasteiger partial charge in [0.25, 0.3) is 5.91 Å². The zero-order valence-corrected chi connectivity index (χ0v) is 22.8. The predicted molar refractivity (Wildman–Crippen MR) is 150 cm³/mol. The molecule has 8 nitrogen and oxygen atoms in total. The van der Waals surface area contributed by atoms with Crippen LogP contribution in [0.1, 0.15) is 50.3 Å². The maximum atomic E-state index is 13.4. The highest BCUT2D eigenvalue weighted by molar-refractivity contribution is 6.05. The van der Waals surface area contributed by atoms with E-state index in [-0.39, 0.29) is 11.6 Å². The number of rotatable bonds is 8. The number of carbonyl (C=O) groups is 1. The number of alkyl halides is 3. The molecule has 0 saturated heterocycles. The molecule has 1 unspecified atom stereocenters. The highest BCUT2D eigenvalue weighted by atomic mass is 19.4. The number of pyridine rings is 1. The van der Waals surface area contributed by atoms with Crippen LogP contribution < -0.4 is 10.2 Å². The summed E-state index contributed by atoms with van der Waals surface area (Å²) in [5.74, 6) is -0.216. The van der Waals surface area contributed by atoms with Crippen molar-refractivity contribution < 1.29 is 22.7 Å². The Labute approximate surface area is 235 Å². The fourth-order valence-electron chi connectivity index (χ4n) is 4.73.